The van der Waals surface area contributed by atoms with Gasteiger partial charge in [0.25, 0.3) is 0 Å². The van der Waals surface area contributed by atoms with E-state index in [0.29, 0.717) is 24.5 Å². The number of morpholine rings is 1. The molecule has 0 spiro atoms. The minimum atomic E-state index is -0.940. The summed E-state index contributed by atoms with van der Waals surface area (Å²) in [5.74, 6) is -1.67. The van der Waals surface area contributed by atoms with Crippen LogP contribution in [-0.4, -0.2) is 42.0 Å². The summed E-state index contributed by atoms with van der Waals surface area (Å²) in [5, 5.41) is 0. The molecule has 0 aliphatic carbocycles. The Morgan fingerprint density at radius 3 is 2.80 bits per heavy atom. The third-order valence-corrected chi connectivity index (χ3v) is 3.53. The van der Waals surface area contributed by atoms with E-state index < -0.39 is 11.6 Å². The molecule has 1 fully saturated rings. The minimum absolute atomic E-state index is 0.0406. The highest BCUT2D eigenvalue weighted by Crippen LogP contribution is 2.15. The number of ether oxygens (including phenoxy) is 1. The molecule has 1 amide bonds. The second-order valence-corrected chi connectivity index (χ2v) is 5.26. The zero-order chi connectivity index (χ0) is 14.7. The molecule has 1 aromatic carbocycles. The van der Waals surface area contributed by atoms with E-state index in [4.69, 9.17) is 16.3 Å². The lowest BCUT2D eigenvalue weighted by Gasteiger charge is -2.36. The predicted molar refractivity (Wildman–Crippen MR) is 71.7 cm³/mol. The van der Waals surface area contributed by atoms with Crippen molar-refractivity contribution in [2.24, 2.45) is 0 Å². The van der Waals surface area contributed by atoms with Crippen molar-refractivity contribution in [3.63, 3.8) is 0 Å². The van der Waals surface area contributed by atoms with Crippen LogP contribution in [0.4, 0.5) is 8.78 Å². The van der Waals surface area contributed by atoms with Crippen LogP contribution in [0.5, 0.6) is 0 Å². The maximum absolute atomic E-state index is 13.1. The number of carbonyl (C=O) groups excluding carboxylic acids is 1. The molecule has 0 saturated carbocycles. The largest absolute Gasteiger partial charge is 0.370 e. The Morgan fingerprint density at radius 1 is 1.40 bits per heavy atom. The van der Waals surface area contributed by atoms with Crippen molar-refractivity contribution >= 4 is 17.5 Å². The Labute approximate surface area is 121 Å². The number of halogens is 3. The van der Waals surface area contributed by atoms with Crippen LogP contribution in [0.15, 0.2) is 18.2 Å². The molecule has 1 aliphatic heterocycles. The smallest absolute Gasteiger partial charge is 0.227 e. The number of hydrogen-bond acceptors (Lipinski definition) is 2. The number of rotatable bonds is 3. The molecule has 2 atom stereocenters. The number of carbonyl (C=O) groups is 1. The second kappa shape index (κ2) is 6.50. The molecular weight excluding hydrogens is 288 g/mol. The molecule has 3 nitrogen and oxygen atoms in total. The van der Waals surface area contributed by atoms with Crippen molar-refractivity contribution in [1.82, 2.24) is 4.90 Å². The molecule has 110 valence electrons. The summed E-state index contributed by atoms with van der Waals surface area (Å²) in [7, 11) is 0. The molecule has 1 saturated heterocycles. The highest BCUT2D eigenvalue weighted by atomic mass is 35.5. The van der Waals surface area contributed by atoms with E-state index >= 15 is 0 Å². The van der Waals surface area contributed by atoms with Crippen LogP contribution in [0, 0.1) is 11.6 Å². The van der Waals surface area contributed by atoms with Crippen LogP contribution in [0.3, 0.4) is 0 Å². The first-order valence-corrected chi connectivity index (χ1v) is 6.96. The zero-order valence-electron chi connectivity index (χ0n) is 11.1. The highest BCUT2D eigenvalue weighted by molar-refractivity contribution is 6.18. The quantitative estimate of drug-likeness (QED) is 0.802. The van der Waals surface area contributed by atoms with Gasteiger partial charge in [0.15, 0.2) is 11.6 Å². The molecule has 20 heavy (non-hydrogen) atoms. The third kappa shape index (κ3) is 3.67. The Hall–Kier alpha value is -1.20. The number of alkyl halides is 1. The predicted octanol–water partition coefficient (Wildman–Crippen LogP) is 2.36. The fraction of sp³-hybridized carbons (Fsp3) is 0.500. The van der Waals surface area contributed by atoms with Gasteiger partial charge in [-0.3, -0.25) is 4.79 Å². The maximum atomic E-state index is 13.1. The van der Waals surface area contributed by atoms with E-state index in [1.165, 1.54) is 6.07 Å². The molecule has 1 aliphatic rings. The third-order valence-electron chi connectivity index (χ3n) is 3.19. The second-order valence-electron chi connectivity index (χ2n) is 4.95. The van der Waals surface area contributed by atoms with Crippen LogP contribution in [-0.2, 0) is 16.0 Å². The van der Waals surface area contributed by atoms with E-state index in [1.807, 2.05) is 6.92 Å². The summed E-state index contributed by atoms with van der Waals surface area (Å²) >= 11 is 5.76. The van der Waals surface area contributed by atoms with Crippen LogP contribution < -0.4 is 0 Å². The molecule has 0 N–H and O–H groups in total. The number of nitrogens with zero attached hydrogens (tertiary/aromatic N) is 1. The average Bonchev–Trinajstić information content (AvgIpc) is 2.42. The fourth-order valence-corrected chi connectivity index (χ4v) is 2.44. The van der Waals surface area contributed by atoms with E-state index in [-0.39, 0.29) is 24.5 Å². The summed E-state index contributed by atoms with van der Waals surface area (Å²) in [6.07, 6.45) is -0.227. The maximum Gasteiger partial charge on any atom is 0.227 e. The molecule has 0 bridgehead atoms. The molecule has 2 rings (SSSR count). The molecule has 0 aromatic heterocycles. The van der Waals surface area contributed by atoms with E-state index in [0.717, 1.165) is 12.1 Å². The SMILES string of the molecule is CC1CN(C(=O)Cc2ccc(F)c(F)c2)CC(CCl)O1. The number of hydrogen-bond donors (Lipinski definition) is 0. The first-order valence-electron chi connectivity index (χ1n) is 6.42. The Morgan fingerprint density at radius 2 is 2.15 bits per heavy atom. The van der Waals surface area contributed by atoms with Crippen LogP contribution in [0.1, 0.15) is 12.5 Å². The molecule has 2 unspecified atom stereocenters. The van der Waals surface area contributed by atoms with Crippen LogP contribution in [0.2, 0.25) is 0 Å². The summed E-state index contributed by atoms with van der Waals surface area (Å²) in [6.45, 7) is 2.78. The average molecular weight is 304 g/mol. The normalized spacial score (nSPS) is 22.9. The van der Waals surface area contributed by atoms with E-state index in [1.54, 1.807) is 4.90 Å². The topological polar surface area (TPSA) is 29.5 Å². The van der Waals surface area contributed by atoms with Crippen LogP contribution in [0.25, 0.3) is 0 Å². The van der Waals surface area contributed by atoms with Gasteiger partial charge >= 0.3 is 0 Å². The van der Waals surface area contributed by atoms with E-state index in [2.05, 4.69) is 0 Å². The van der Waals surface area contributed by atoms with Crippen molar-refractivity contribution in [3.05, 3.63) is 35.4 Å². The van der Waals surface area contributed by atoms with Gasteiger partial charge < -0.3 is 9.64 Å². The van der Waals surface area contributed by atoms with Crippen LogP contribution >= 0.6 is 11.6 Å². The summed E-state index contributed by atoms with van der Waals surface area (Å²) in [5.41, 5.74) is 0.454. The lowest BCUT2D eigenvalue weighted by Crippen LogP contribution is -2.50. The summed E-state index contributed by atoms with van der Waals surface area (Å²) < 4.78 is 31.5. The lowest BCUT2D eigenvalue weighted by atomic mass is 10.1. The van der Waals surface area contributed by atoms with Crippen molar-refractivity contribution in [1.29, 1.82) is 0 Å². The highest BCUT2D eigenvalue weighted by Gasteiger charge is 2.27. The standard InChI is InChI=1S/C14H16ClF2NO2/c1-9-7-18(8-11(6-15)20-9)14(19)5-10-2-3-12(16)13(17)4-10/h2-4,9,11H,5-8H2,1H3. The minimum Gasteiger partial charge on any atom is -0.370 e. The van der Waals surface area contributed by atoms with Gasteiger partial charge in [-0.2, -0.15) is 0 Å². The van der Waals surface area contributed by atoms with Gasteiger partial charge in [0.1, 0.15) is 0 Å². The zero-order valence-corrected chi connectivity index (χ0v) is 11.9. The van der Waals surface area contributed by atoms with Crippen molar-refractivity contribution in [2.75, 3.05) is 19.0 Å². The van der Waals surface area contributed by atoms with Gasteiger partial charge in [0, 0.05) is 13.1 Å². The number of amides is 1. The van der Waals surface area contributed by atoms with Gasteiger partial charge in [-0.05, 0) is 24.6 Å². The van der Waals surface area contributed by atoms with Crippen molar-refractivity contribution in [3.8, 4) is 0 Å². The summed E-state index contributed by atoms with van der Waals surface area (Å²) in [6, 6.07) is 3.50. The molecule has 1 aromatic rings. The Balaban J connectivity index is 2.01. The van der Waals surface area contributed by atoms with Gasteiger partial charge in [-0.15, -0.1) is 11.6 Å². The Kier molecular flexibility index (Phi) is 4.94. The first-order chi connectivity index (χ1) is 9.49. The Bertz CT molecular complexity index is 498. The number of benzene rings is 1. The van der Waals surface area contributed by atoms with Crippen molar-refractivity contribution in [2.45, 2.75) is 25.6 Å². The molecule has 0 radical (unpaired) electrons. The van der Waals surface area contributed by atoms with E-state index in [9.17, 15) is 13.6 Å². The van der Waals surface area contributed by atoms with Gasteiger partial charge in [0.05, 0.1) is 24.5 Å². The van der Waals surface area contributed by atoms with Crippen molar-refractivity contribution < 1.29 is 18.3 Å². The first kappa shape index (κ1) is 15.2. The monoisotopic (exact) mass is 303 g/mol. The molecule has 1 heterocycles. The molecule has 6 heteroatoms. The van der Waals surface area contributed by atoms with Gasteiger partial charge in [-0.25, -0.2) is 8.78 Å². The summed E-state index contributed by atoms with van der Waals surface area (Å²) in [4.78, 5) is 13.8. The fourth-order valence-electron chi connectivity index (χ4n) is 2.27. The van der Waals surface area contributed by atoms with Gasteiger partial charge in [0.2, 0.25) is 5.91 Å². The van der Waals surface area contributed by atoms with Gasteiger partial charge in [-0.1, -0.05) is 6.07 Å². The molecular formula is C14H16ClF2NO2. The lowest BCUT2D eigenvalue weighted by molar-refractivity contribution is -0.142.